The molecule has 0 unspecified atom stereocenters. The highest BCUT2D eigenvalue weighted by atomic mass is 16.1. The summed E-state index contributed by atoms with van der Waals surface area (Å²) in [5, 5.41) is 22.8. The fourth-order valence-electron chi connectivity index (χ4n) is 1.25. The number of amides is 1. The van der Waals surface area contributed by atoms with Crippen LogP contribution in [-0.4, -0.2) is 12.5 Å². The second-order valence-electron chi connectivity index (χ2n) is 3.45. The average Bonchev–Trinajstić information content (AvgIpc) is 2.30. The van der Waals surface area contributed by atoms with Gasteiger partial charge in [0.1, 0.15) is 5.92 Å². The SMILES string of the molecule is CC(=O)Nc1cccc(NCC(C#N)C#N)c1. The number of hydrogen-bond acceptors (Lipinski definition) is 4. The van der Waals surface area contributed by atoms with E-state index in [1.807, 2.05) is 12.1 Å². The third kappa shape index (κ3) is 4.23. The monoisotopic (exact) mass is 228 g/mol. The molecule has 0 aliphatic heterocycles. The molecular formula is C12H12N4O. The lowest BCUT2D eigenvalue weighted by Gasteiger charge is -2.08. The minimum absolute atomic E-state index is 0.144. The Kier molecular flexibility index (Phi) is 4.53. The Balaban J connectivity index is 2.64. The Morgan fingerprint density at radius 2 is 2.00 bits per heavy atom. The van der Waals surface area contributed by atoms with Gasteiger partial charge in [0.2, 0.25) is 5.91 Å². The molecule has 0 spiro atoms. The number of rotatable bonds is 4. The number of carbonyl (C=O) groups excluding carboxylic acids is 1. The molecule has 0 radical (unpaired) electrons. The van der Waals surface area contributed by atoms with Crippen molar-refractivity contribution < 1.29 is 4.79 Å². The van der Waals surface area contributed by atoms with E-state index in [0.717, 1.165) is 5.69 Å². The molecule has 0 atom stereocenters. The summed E-state index contributed by atoms with van der Waals surface area (Å²) >= 11 is 0. The Labute approximate surface area is 99.7 Å². The predicted octanol–water partition coefficient (Wildman–Crippen LogP) is 1.72. The predicted molar refractivity (Wildman–Crippen MR) is 64.0 cm³/mol. The summed E-state index contributed by atoms with van der Waals surface area (Å²) in [6.07, 6.45) is 0. The molecule has 0 aromatic heterocycles. The molecule has 0 saturated carbocycles. The molecule has 5 heteroatoms. The van der Waals surface area contributed by atoms with Crippen LogP contribution in [0.5, 0.6) is 0 Å². The zero-order valence-electron chi connectivity index (χ0n) is 9.40. The summed E-state index contributed by atoms with van der Waals surface area (Å²) in [6.45, 7) is 1.69. The fourth-order valence-corrected chi connectivity index (χ4v) is 1.25. The lowest BCUT2D eigenvalue weighted by molar-refractivity contribution is -0.114. The summed E-state index contributed by atoms with van der Waals surface area (Å²) in [7, 11) is 0. The number of nitrogens with one attached hydrogen (secondary N) is 2. The van der Waals surface area contributed by atoms with Gasteiger partial charge in [0.25, 0.3) is 0 Å². The van der Waals surface area contributed by atoms with Crippen LogP contribution in [0.15, 0.2) is 24.3 Å². The molecule has 2 N–H and O–H groups in total. The highest BCUT2D eigenvalue weighted by Crippen LogP contribution is 2.15. The van der Waals surface area contributed by atoms with Crippen LogP contribution in [-0.2, 0) is 4.79 Å². The van der Waals surface area contributed by atoms with Gasteiger partial charge in [0.05, 0.1) is 12.1 Å². The van der Waals surface area contributed by atoms with E-state index in [-0.39, 0.29) is 12.5 Å². The fraction of sp³-hybridized carbons (Fsp3) is 0.250. The lowest BCUT2D eigenvalue weighted by atomic mass is 10.2. The number of carbonyl (C=O) groups is 1. The van der Waals surface area contributed by atoms with Gasteiger partial charge in [-0.05, 0) is 18.2 Å². The standard InChI is InChI=1S/C12H12N4O/c1-9(17)16-12-4-2-3-11(5-12)15-8-10(6-13)7-14/h2-5,10,15H,8H2,1H3,(H,16,17). The van der Waals surface area contributed by atoms with Crippen molar-refractivity contribution >= 4 is 17.3 Å². The van der Waals surface area contributed by atoms with Crippen molar-refractivity contribution in [3.8, 4) is 12.1 Å². The van der Waals surface area contributed by atoms with Crippen LogP contribution in [0, 0.1) is 28.6 Å². The molecule has 0 heterocycles. The van der Waals surface area contributed by atoms with Gasteiger partial charge >= 0.3 is 0 Å². The summed E-state index contributed by atoms with van der Waals surface area (Å²) in [6, 6.07) is 10.8. The van der Waals surface area contributed by atoms with E-state index >= 15 is 0 Å². The quantitative estimate of drug-likeness (QED) is 0.821. The van der Waals surface area contributed by atoms with Crippen LogP contribution in [0.2, 0.25) is 0 Å². The number of nitrogens with zero attached hydrogens (tertiary/aromatic N) is 2. The Morgan fingerprint density at radius 3 is 2.59 bits per heavy atom. The normalized spacial score (nSPS) is 9.18. The van der Waals surface area contributed by atoms with E-state index in [1.54, 1.807) is 24.3 Å². The van der Waals surface area contributed by atoms with E-state index in [1.165, 1.54) is 6.92 Å². The summed E-state index contributed by atoms with van der Waals surface area (Å²) in [4.78, 5) is 10.9. The van der Waals surface area contributed by atoms with Crippen LogP contribution >= 0.6 is 0 Å². The van der Waals surface area contributed by atoms with Gasteiger partial charge in [0.15, 0.2) is 0 Å². The molecular weight excluding hydrogens is 216 g/mol. The van der Waals surface area contributed by atoms with Crippen molar-refractivity contribution in [2.45, 2.75) is 6.92 Å². The molecule has 1 aromatic carbocycles. The van der Waals surface area contributed by atoms with Gasteiger partial charge in [-0.1, -0.05) is 6.07 Å². The first kappa shape index (κ1) is 12.5. The zero-order valence-corrected chi connectivity index (χ0v) is 9.40. The third-order valence-corrected chi connectivity index (χ3v) is 2.00. The number of anilines is 2. The van der Waals surface area contributed by atoms with Crippen LogP contribution in [0.1, 0.15) is 6.92 Å². The first-order valence-corrected chi connectivity index (χ1v) is 5.06. The zero-order chi connectivity index (χ0) is 12.7. The first-order valence-electron chi connectivity index (χ1n) is 5.06. The van der Waals surface area contributed by atoms with E-state index in [9.17, 15) is 4.79 Å². The Bertz CT molecular complexity index is 470. The van der Waals surface area contributed by atoms with E-state index in [0.29, 0.717) is 5.69 Å². The Morgan fingerprint density at radius 1 is 1.35 bits per heavy atom. The van der Waals surface area contributed by atoms with Gasteiger partial charge < -0.3 is 10.6 Å². The van der Waals surface area contributed by atoms with Crippen molar-refractivity contribution in [2.75, 3.05) is 17.2 Å². The maximum atomic E-state index is 10.9. The van der Waals surface area contributed by atoms with E-state index in [2.05, 4.69) is 10.6 Å². The maximum Gasteiger partial charge on any atom is 0.221 e. The number of hydrogen-bond donors (Lipinski definition) is 2. The first-order chi connectivity index (χ1) is 8.15. The summed E-state index contributed by atoms with van der Waals surface area (Å²) in [5.74, 6) is -0.825. The van der Waals surface area contributed by atoms with Crippen molar-refractivity contribution in [3.63, 3.8) is 0 Å². The van der Waals surface area contributed by atoms with Crippen molar-refractivity contribution in [2.24, 2.45) is 5.92 Å². The smallest absolute Gasteiger partial charge is 0.221 e. The largest absolute Gasteiger partial charge is 0.383 e. The molecule has 0 aliphatic rings. The van der Waals surface area contributed by atoms with Gasteiger partial charge in [-0.3, -0.25) is 4.79 Å². The topological polar surface area (TPSA) is 88.7 Å². The molecule has 1 aromatic rings. The van der Waals surface area contributed by atoms with E-state index < -0.39 is 5.92 Å². The molecule has 0 fully saturated rings. The van der Waals surface area contributed by atoms with Crippen molar-refractivity contribution in [1.82, 2.24) is 0 Å². The van der Waals surface area contributed by atoms with Crippen LogP contribution < -0.4 is 10.6 Å². The van der Waals surface area contributed by atoms with Crippen LogP contribution in [0.25, 0.3) is 0 Å². The average molecular weight is 228 g/mol. The third-order valence-electron chi connectivity index (χ3n) is 2.00. The van der Waals surface area contributed by atoms with Gasteiger partial charge in [0, 0.05) is 24.8 Å². The molecule has 17 heavy (non-hydrogen) atoms. The maximum absolute atomic E-state index is 10.9. The Hall–Kier alpha value is -2.53. The number of nitriles is 2. The van der Waals surface area contributed by atoms with E-state index in [4.69, 9.17) is 10.5 Å². The van der Waals surface area contributed by atoms with Gasteiger partial charge in [-0.15, -0.1) is 0 Å². The highest BCUT2D eigenvalue weighted by molar-refractivity contribution is 5.89. The second-order valence-corrected chi connectivity index (χ2v) is 3.45. The van der Waals surface area contributed by atoms with Gasteiger partial charge in [-0.2, -0.15) is 10.5 Å². The molecule has 0 bridgehead atoms. The summed E-state index contributed by atoms with van der Waals surface area (Å²) < 4.78 is 0. The number of benzene rings is 1. The minimum Gasteiger partial charge on any atom is -0.383 e. The highest BCUT2D eigenvalue weighted by Gasteiger charge is 2.04. The molecule has 0 aliphatic carbocycles. The minimum atomic E-state index is -0.681. The molecule has 1 amide bonds. The molecule has 86 valence electrons. The van der Waals surface area contributed by atoms with Crippen molar-refractivity contribution in [1.29, 1.82) is 10.5 Å². The van der Waals surface area contributed by atoms with Crippen molar-refractivity contribution in [3.05, 3.63) is 24.3 Å². The van der Waals surface area contributed by atoms with Crippen LogP contribution in [0.4, 0.5) is 11.4 Å². The molecule has 0 saturated heterocycles. The van der Waals surface area contributed by atoms with Crippen LogP contribution in [0.3, 0.4) is 0 Å². The lowest BCUT2D eigenvalue weighted by Crippen LogP contribution is -2.11. The molecule has 5 nitrogen and oxygen atoms in total. The van der Waals surface area contributed by atoms with Gasteiger partial charge in [-0.25, -0.2) is 0 Å². The molecule has 1 rings (SSSR count). The second kappa shape index (κ2) is 6.14. The summed E-state index contributed by atoms with van der Waals surface area (Å²) in [5.41, 5.74) is 1.43.